The quantitative estimate of drug-likeness (QED) is 0.793. The van der Waals surface area contributed by atoms with Gasteiger partial charge in [-0.3, -0.25) is 9.58 Å². The average molecular weight is 354 g/mol. The van der Waals surface area contributed by atoms with E-state index in [4.69, 9.17) is 4.74 Å². The van der Waals surface area contributed by atoms with Crippen LogP contribution in [0.5, 0.6) is 0 Å². The fourth-order valence-electron chi connectivity index (χ4n) is 3.98. The Morgan fingerprint density at radius 1 is 1.38 bits per heavy atom. The summed E-state index contributed by atoms with van der Waals surface area (Å²) in [4.78, 5) is 2.40. The largest absolute Gasteiger partial charge is 0.376 e. The Kier molecular flexibility index (Phi) is 4.19. The fraction of sp³-hybridized carbons (Fsp3) is 0.812. The lowest BCUT2D eigenvalue weighted by molar-refractivity contribution is 0.0938. The highest BCUT2D eigenvalue weighted by Gasteiger charge is 2.44. The second-order valence-electron chi connectivity index (χ2n) is 7.48. The number of nitrogens with one attached hydrogen (secondary N) is 1. The Morgan fingerprint density at radius 3 is 2.83 bits per heavy atom. The van der Waals surface area contributed by atoms with Crippen molar-refractivity contribution in [1.82, 2.24) is 19.4 Å². The SMILES string of the molecule is Cc1cc(CN2C[C@H]3[C@@H](CNS(=O)(=O)C4CC4)CO[C@H]3C2)n(C)n1. The van der Waals surface area contributed by atoms with Crippen LogP contribution in [0.15, 0.2) is 6.07 Å². The molecular weight excluding hydrogens is 328 g/mol. The van der Waals surface area contributed by atoms with E-state index in [1.165, 1.54) is 5.69 Å². The monoisotopic (exact) mass is 354 g/mol. The molecule has 0 spiro atoms. The zero-order chi connectivity index (χ0) is 16.9. The molecule has 1 N–H and O–H groups in total. The highest BCUT2D eigenvalue weighted by atomic mass is 32.2. The van der Waals surface area contributed by atoms with Crippen LogP contribution in [0.1, 0.15) is 24.2 Å². The third kappa shape index (κ3) is 3.24. The van der Waals surface area contributed by atoms with Crippen LogP contribution < -0.4 is 4.72 Å². The van der Waals surface area contributed by atoms with Crippen LogP contribution in [-0.4, -0.2) is 60.7 Å². The van der Waals surface area contributed by atoms with E-state index in [0.717, 1.165) is 38.2 Å². The van der Waals surface area contributed by atoms with Gasteiger partial charge in [-0.25, -0.2) is 13.1 Å². The first kappa shape index (κ1) is 16.5. The van der Waals surface area contributed by atoms with Crippen molar-refractivity contribution in [2.24, 2.45) is 18.9 Å². The number of rotatable bonds is 6. The third-order valence-electron chi connectivity index (χ3n) is 5.51. The smallest absolute Gasteiger partial charge is 0.214 e. The van der Waals surface area contributed by atoms with Crippen LogP contribution in [0.2, 0.25) is 0 Å². The van der Waals surface area contributed by atoms with Gasteiger partial charge >= 0.3 is 0 Å². The van der Waals surface area contributed by atoms with E-state index in [9.17, 15) is 8.42 Å². The number of hydrogen-bond donors (Lipinski definition) is 1. The van der Waals surface area contributed by atoms with E-state index < -0.39 is 10.0 Å². The highest BCUT2D eigenvalue weighted by molar-refractivity contribution is 7.90. The van der Waals surface area contributed by atoms with Crippen molar-refractivity contribution in [3.05, 3.63) is 17.5 Å². The molecule has 24 heavy (non-hydrogen) atoms. The number of hydrogen-bond acceptors (Lipinski definition) is 5. The van der Waals surface area contributed by atoms with Gasteiger partial charge in [0.05, 0.1) is 29.3 Å². The van der Waals surface area contributed by atoms with Gasteiger partial charge in [0.15, 0.2) is 0 Å². The summed E-state index contributed by atoms with van der Waals surface area (Å²) in [6, 6.07) is 2.12. The number of nitrogens with zero attached hydrogens (tertiary/aromatic N) is 3. The second kappa shape index (κ2) is 6.09. The van der Waals surface area contributed by atoms with Gasteiger partial charge in [0, 0.05) is 45.1 Å². The average Bonchev–Trinajstić information content (AvgIpc) is 3.11. The summed E-state index contributed by atoms with van der Waals surface area (Å²) in [5.41, 5.74) is 2.24. The molecule has 2 aliphatic heterocycles. The maximum atomic E-state index is 12.0. The second-order valence-corrected chi connectivity index (χ2v) is 9.53. The van der Waals surface area contributed by atoms with E-state index in [-0.39, 0.29) is 17.3 Å². The van der Waals surface area contributed by atoms with Gasteiger partial charge in [-0.2, -0.15) is 5.10 Å². The van der Waals surface area contributed by atoms with Gasteiger partial charge in [-0.15, -0.1) is 0 Å². The van der Waals surface area contributed by atoms with Crippen molar-refractivity contribution in [3.8, 4) is 0 Å². The van der Waals surface area contributed by atoms with Gasteiger partial charge in [0.25, 0.3) is 0 Å². The molecule has 0 radical (unpaired) electrons. The van der Waals surface area contributed by atoms with Crippen molar-refractivity contribution in [2.45, 2.75) is 37.7 Å². The number of ether oxygens (including phenoxy) is 1. The van der Waals surface area contributed by atoms with Crippen molar-refractivity contribution < 1.29 is 13.2 Å². The molecule has 0 bridgehead atoms. The lowest BCUT2D eigenvalue weighted by Crippen LogP contribution is -2.35. The van der Waals surface area contributed by atoms with Crippen molar-refractivity contribution in [1.29, 1.82) is 0 Å². The maximum absolute atomic E-state index is 12.0. The Labute approximate surface area is 143 Å². The van der Waals surface area contributed by atoms with Crippen molar-refractivity contribution in [2.75, 3.05) is 26.2 Å². The molecule has 0 aromatic carbocycles. The Hall–Kier alpha value is -0.960. The predicted octanol–water partition coefficient (Wildman–Crippen LogP) is 0.257. The van der Waals surface area contributed by atoms with E-state index >= 15 is 0 Å². The predicted molar refractivity (Wildman–Crippen MR) is 89.9 cm³/mol. The first-order chi connectivity index (χ1) is 11.4. The normalized spacial score (nSPS) is 30.8. The summed E-state index contributed by atoms with van der Waals surface area (Å²) in [6.07, 6.45) is 1.84. The molecule has 8 heteroatoms. The molecule has 3 heterocycles. The van der Waals surface area contributed by atoms with Gasteiger partial charge in [0.2, 0.25) is 10.0 Å². The van der Waals surface area contributed by atoms with Gasteiger partial charge in [-0.05, 0) is 25.8 Å². The summed E-state index contributed by atoms with van der Waals surface area (Å²) in [7, 11) is -1.12. The van der Waals surface area contributed by atoms with Gasteiger partial charge < -0.3 is 4.74 Å². The first-order valence-electron chi connectivity index (χ1n) is 8.74. The number of likely N-dealkylation sites (tertiary alicyclic amines) is 1. The van der Waals surface area contributed by atoms with Crippen LogP contribution in [0.3, 0.4) is 0 Å². The molecule has 3 atom stereocenters. The molecule has 1 aromatic rings. The number of aromatic nitrogens is 2. The fourth-order valence-corrected chi connectivity index (χ4v) is 5.42. The molecule has 7 nitrogen and oxygen atoms in total. The van der Waals surface area contributed by atoms with Crippen LogP contribution in [0.25, 0.3) is 0 Å². The molecule has 1 aromatic heterocycles. The zero-order valence-electron chi connectivity index (χ0n) is 14.3. The minimum atomic E-state index is -3.10. The lowest BCUT2D eigenvalue weighted by atomic mass is 9.93. The van der Waals surface area contributed by atoms with Crippen molar-refractivity contribution >= 4 is 10.0 Å². The number of sulfonamides is 1. The topological polar surface area (TPSA) is 76.5 Å². The summed E-state index contributed by atoms with van der Waals surface area (Å²) in [6.45, 7) is 5.94. The number of fused-ring (bicyclic) bond motifs is 1. The van der Waals surface area contributed by atoms with Crippen LogP contribution in [0, 0.1) is 18.8 Å². The molecule has 1 saturated carbocycles. The Morgan fingerprint density at radius 2 is 2.17 bits per heavy atom. The van der Waals surface area contributed by atoms with Crippen LogP contribution in [0.4, 0.5) is 0 Å². The minimum Gasteiger partial charge on any atom is -0.376 e. The molecule has 134 valence electrons. The highest BCUT2D eigenvalue weighted by Crippen LogP contribution is 2.34. The summed E-state index contributed by atoms with van der Waals surface area (Å²) in [5, 5.41) is 4.25. The molecule has 1 aliphatic carbocycles. The zero-order valence-corrected chi connectivity index (χ0v) is 15.1. The molecule has 0 amide bonds. The minimum absolute atomic E-state index is 0.149. The molecule has 3 aliphatic rings. The lowest BCUT2D eigenvalue weighted by Gasteiger charge is -2.20. The number of aryl methyl sites for hydroxylation is 2. The molecule has 2 saturated heterocycles. The molecule has 4 rings (SSSR count). The standard InChI is InChI=1S/C16H26N4O3S/c1-11-5-13(19(2)18-11)7-20-8-15-12(10-23-16(15)9-20)6-17-24(21,22)14-3-4-14/h5,12,14-17H,3-4,6-10H2,1-2H3/t12-,15-,16-/m0/s1. The van der Waals surface area contributed by atoms with E-state index in [1.54, 1.807) is 0 Å². The third-order valence-corrected chi connectivity index (χ3v) is 7.43. The van der Waals surface area contributed by atoms with Gasteiger partial charge in [0.1, 0.15) is 0 Å². The van der Waals surface area contributed by atoms with E-state index in [1.807, 2.05) is 18.7 Å². The first-order valence-corrected chi connectivity index (χ1v) is 10.3. The van der Waals surface area contributed by atoms with E-state index in [0.29, 0.717) is 19.1 Å². The molecular formula is C16H26N4O3S. The Bertz CT molecular complexity index is 713. The van der Waals surface area contributed by atoms with E-state index in [2.05, 4.69) is 20.8 Å². The maximum Gasteiger partial charge on any atom is 0.214 e. The van der Waals surface area contributed by atoms with Crippen molar-refractivity contribution in [3.63, 3.8) is 0 Å². The van der Waals surface area contributed by atoms with Crippen LogP contribution in [-0.2, 0) is 28.4 Å². The van der Waals surface area contributed by atoms with Crippen LogP contribution >= 0.6 is 0 Å². The van der Waals surface area contributed by atoms with Gasteiger partial charge in [-0.1, -0.05) is 0 Å². The Balaban J connectivity index is 1.34. The summed E-state index contributed by atoms with van der Waals surface area (Å²) >= 11 is 0. The summed E-state index contributed by atoms with van der Waals surface area (Å²) < 4.78 is 34.7. The molecule has 3 fully saturated rings. The molecule has 0 unspecified atom stereocenters. The summed E-state index contributed by atoms with van der Waals surface area (Å²) in [5.74, 6) is 0.697.